The molecule has 0 heterocycles. The van der Waals surface area contributed by atoms with E-state index >= 15 is 0 Å². The zero-order valence-corrected chi connectivity index (χ0v) is 9.25. The molecule has 0 aromatic heterocycles. The number of nitrogens with one attached hydrogen (secondary N) is 1. The topological polar surface area (TPSA) is 12.0 Å². The Balaban J connectivity index is 2.64. The van der Waals surface area contributed by atoms with E-state index in [1.54, 1.807) is 0 Å². The van der Waals surface area contributed by atoms with Gasteiger partial charge in [0.15, 0.2) is 0 Å². The highest BCUT2D eigenvalue weighted by Crippen LogP contribution is 2.13. The van der Waals surface area contributed by atoms with Crippen LogP contribution in [0.25, 0.3) is 0 Å². The third-order valence-corrected chi connectivity index (χ3v) is 2.44. The van der Waals surface area contributed by atoms with Crippen LogP contribution in [0.4, 0.5) is 0 Å². The zero-order chi connectivity index (χ0) is 10.6. The van der Waals surface area contributed by atoms with E-state index in [0.717, 1.165) is 0 Å². The summed E-state index contributed by atoms with van der Waals surface area (Å²) in [6, 6.07) is 9.36. The lowest BCUT2D eigenvalue weighted by molar-refractivity contribution is 0.537. The lowest BCUT2D eigenvalue weighted by atomic mass is 10.1. The van der Waals surface area contributed by atoms with Crippen LogP contribution in [-0.4, -0.2) is 6.04 Å². The lowest BCUT2D eigenvalue weighted by Crippen LogP contribution is -2.26. The molecule has 1 aromatic carbocycles. The molecule has 0 aliphatic heterocycles. The number of aryl methyl sites for hydroxylation is 1. The summed E-state index contributed by atoms with van der Waals surface area (Å²) in [6.45, 7) is 10.1. The van der Waals surface area contributed by atoms with Crippen molar-refractivity contribution in [3.63, 3.8) is 0 Å². The van der Waals surface area contributed by atoms with Gasteiger partial charge >= 0.3 is 0 Å². The van der Waals surface area contributed by atoms with Gasteiger partial charge in [-0.1, -0.05) is 35.9 Å². The van der Waals surface area contributed by atoms with Gasteiger partial charge in [0.2, 0.25) is 0 Å². The maximum absolute atomic E-state index is 3.76. The smallest absolute Gasteiger partial charge is 0.0297 e. The van der Waals surface area contributed by atoms with E-state index in [1.807, 2.05) is 6.08 Å². The van der Waals surface area contributed by atoms with Crippen molar-refractivity contribution < 1.29 is 0 Å². The first kappa shape index (κ1) is 11.0. The van der Waals surface area contributed by atoms with Crippen LogP contribution < -0.4 is 5.32 Å². The van der Waals surface area contributed by atoms with Gasteiger partial charge in [0.25, 0.3) is 0 Å². The Morgan fingerprint density at radius 2 is 1.79 bits per heavy atom. The fraction of sp³-hybridized carbons (Fsp3) is 0.385. The number of benzene rings is 1. The molecule has 0 amide bonds. The van der Waals surface area contributed by atoms with Gasteiger partial charge in [-0.15, -0.1) is 6.58 Å². The van der Waals surface area contributed by atoms with Gasteiger partial charge in [-0.25, -0.2) is 0 Å². The van der Waals surface area contributed by atoms with Gasteiger partial charge in [0, 0.05) is 12.1 Å². The second-order valence-electron chi connectivity index (χ2n) is 3.82. The van der Waals surface area contributed by atoms with Crippen molar-refractivity contribution in [3.05, 3.63) is 48.0 Å². The second-order valence-corrected chi connectivity index (χ2v) is 3.82. The SMILES string of the molecule is C=CC(C)N[C@H](C)c1ccc(C)cc1. The first-order chi connectivity index (χ1) is 6.63. The van der Waals surface area contributed by atoms with Gasteiger partial charge < -0.3 is 5.32 Å². The molecule has 1 rings (SSSR count). The van der Waals surface area contributed by atoms with Gasteiger partial charge in [-0.05, 0) is 26.3 Å². The van der Waals surface area contributed by atoms with Crippen LogP contribution in [0.5, 0.6) is 0 Å². The minimum absolute atomic E-state index is 0.353. The minimum Gasteiger partial charge on any atom is -0.304 e. The van der Waals surface area contributed by atoms with Crippen LogP contribution >= 0.6 is 0 Å². The standard InChI is InChI=1S/C13H19N/c1-5-11(3)14-12(4)13-8-6-10(2)7-9-13/h5-9,11-12,14H,1H2,2-4H3/t11?,12-/m1/s1. The van der Waals surface area contributed by atoms with Crippen molar-refractivity contribution in [1.29, 1.82) is 0 Å². The van der Waals surface area contributed by atoms with E-state index in [-0.39, 0.29) is 0 Å². The molecule has 1 heteroatoms. The quantitative estimate of drug-likeness (QED) is 0.717. The fourth-order valence-corrected chi connectivity index (χ4v) is 1.41. The summed E-state index contributed by atoms with van der Waals surface area (Å²) in [7, 11) is 0. The van der Waals surface area contributed by atoms with Crippen LogP contribution in [0, 0.1) is 6.92 Å². The molecule has 0 aliphatic rings. The fourth-order valence-electron chi connectivity index (χ4n) is 1.41. The average molecular weight is 189 g/mol. The Hall–Kier alpha value is -1.08. The van der Waals surface area contributed by atoms with Gasteiger partial charge in [0.05, 0.1) is 0 Å². The molecular weight excluding hydrogens is 170 g/mol. The zero-order valence-electron chi connectivity index (χ0n) is 9.25. The van der Waals surface area contributed by atoms with Crippen molar-refractivity contribution in [3.8, 4) is 0 Å². The molecular formula is C13H19N. The molecule has 1 aromatic rings. The van der Waals surface area contributed by atoms with E-state index in [4.69, 9.17) is 0 Å². The van der Waals surface area contributed by atoms with Crippen molar-refractivity contribution >= 4 is 0 Å². The molecule has 0 aliphatic carbocycles. The predicted octanol–water partition coefficient (Wildman–Crippen LogP) is 3.22. The Morgan fingerprint density at radius 3 is 2.29 bits per heavy atom. The maximum atomic E-state index is 3.76. The number of rotatable bonds is 4. The van der Waals surface area contributed by atoms with E-state index in [9.17, 15) is 0 Å². The molecule has 0 radical (unpaired) electrons. The molecule has 0 fully saturated rings. The van der Waals surface area contributed by atoms with Gasteiger partial charge in [-0.2, -0.15) is 0 Å². The summed E-state index contributed by atoms with van der Waals surface area (Å²) in [5.74, 6) is 0. The third kappa shape index (κ3) is 3.00. The van der Waals surface area contributed by atoms with E-state index in [1.165, 1.54) is 11.1 Å². The molecule has 76 valence electrons. The molecule has 1 nitrogen and oxygen atoms in total. The summed E-state index contributed by atoms with van der Waals surface area (Å²) in [4.78, 5) is 0. The number of hydrogen-bond acceptors (Lipinski definition) is 1. The average Bonchev–Trinajstić information content (AvgIpc) is 2.18. The second kappa shape index (κ2) is 4.97. The molecule has 14 heavy (non-hydrogen) atoms. The molecule has 0 saturated heterocycles. The van der Waals surface area contributed by atoms with Crippen LogP contribution in [0.2, 0.25) is 0 Å². The molecule has 0 saturated carbocycles. The van der Waals surface area contributed by atoms with E-state index in [2.05, 4.69) is 56.9 Å². The monoisotopic (exact) mass is 189 g/mol. The Labute approximate surface area is 86.8 Å². The van der Waals surface area contributed by atoms with Gasteiger partial charge in [0.1, 0.15) is 0 Å². The Morgan fingerprint density at radius 1 is 1.21 bits per heavy atom. The first-order valence-corrected chi connectivity index (χ1v) is 5.08. The number of hydrogen-bond donors (Lipinski definition) is 1. The minimum atomic E-state index is 0.353. The Bertz CT molecular complexity index is 287. The maximum Gasteiger partial charge on any atom is 0.0297 e. The molecule has 1 unspecified atom stereocenters. The summed E-state index contributed by atoms with van der Waals surface area (Å²) in [5.41, 5.74) is 2.63. The summed E-state index contributed by atoms with van der Waals surface area (Å²) in [5, 5.41) is 3.45. The first-order valence-electron chi connectivity index (χ1n) is 5.08. The largest absolute Gasteiger partial charge is 0.304 e. The molecule has 0 spiro atoms. The van der Waals surface area contributed by atoms with Crippen LogP contribution in [0.3, 0.4) is 0 Å². The van der Waals surface area contributed by atoms with Crippen molar-refractivity contribution in [2.75, 3.05) is 0 Å². The highest BCUT2D eigenvalue weighted by molar-refractivity contribution is 5.23. The van der Waals surface area contributed by atoms with Crippen molar-refractivity contribution in [1.82, 2.24) is 5.32 Å². The van der Waals surface area contributed by atoms with Gasteiger partial charge in [-0.3, -0.25) is 0 Å². The third-order valence-electron chi connectivity index (χ3n) is 2.44. The van der Waals surface area contributed by atoms with Crippen molar-refractivity contribution in [2.24, 2.45) is 0 Å². The highest BCUT2D eigenvalue weighted by atomic mass is 14.9. The molecule has 1 N–H and O–H groups in total. The predicted molar refractivity (Wildman–Crippen MR) is 62.4 cm³/mol. The molecule has 2 atom stereocenters. The highest BCUT2D eigenvalue weighted by Gasteiger charge is 2.05. The summed E-state index contributed by atoms with van der Waals surface area (Å²) < 4.78 is 0. The molecule has 0 bridgehead atoms. The van der Waals surface area contributed by atoms with E-state index in [0.29, 0.717) is 12.1 Å². The lowest BCUT2D eigenvalue weighted by Gasteiger charge is -2.17. The van der Waals surface area contributed by atoms with Crippen LogP contribution in [0.15, 0.2) is 36.9 Å². The summed E-state index contributed by atoms with van der Waals surface area (Å²) >= 11 is 0. The Kier molecular flexibility index (Phi) is 3.90. The normalized spacial score (nSPS) is 14.8. The van der Waals surface area contributed by atoms with Crippen LogP contribution in [0.1, 0.15) is 31.0 Å². The van der Waals surface area contributed by atoms with E-state index < -0.39 is 0 Å². The van der Waals surface area contributed by atoms with Crippen molar-refractivity contribution in [2.45, 2.75) is 32.9 Å². The summed E-state index contributed by atoms with van der Waals surface area (Å²) in [6.07, 6.45) is 1.92. The van der Waals surface area contributed by atoms with Crippen LogP contribution in [-0.2, 0) is 0 Å².